The summed E-state index contributed by atoms with van der Waals surface area (Å²) in [5.74, 6) is 1.52. The molecular formula is C29H33F3N4O3. The largest absolute Gasteiger partial charge is 0.481 e. The minimum atomic E-state index is -4.40. The molecule has 10 heteroatoms. The molecule has 1 saturated heterocycles. The van der Waals surface area contributed by atoms with Crippen LogP contribution in [0.3, 0.4) is 0 Å². The number of halogens is 3. The molecule has 39 heavy (non-hydrogen) atoms. The molecule has 4 atom stereocenters. The molecule has 3 fully saturated rings. The average Bonchev–Trinajstić information content (AvgIpc) is 3.52. The number of piperidine rings is 1. The van der Waals surface area contributed by atoms with Crippen molar-refractivity contribution in [2.45, 2.75) is 70.3 Å². The molecule has 2 aromatic heterocycles. The van der Waals surface area contributed by atoms with Crippen LogP contribution in [0.25, 0.3) is 22.4 Å². The first-order chi connectivity index (χ1) is 18.6. The maximum absolute atomic E-state index is 13.0. The van der Waals surface area contributed by atoms with E-state index in [-0.39, 0.29) is 24.0 Å². The molecule has 7 nitrogen and oxygen atoms in total. The number of imidazole rings is 1. The van der Waals surface area contributed by atoms with Crippen LogP contribution in [0, 0.1) is 17.3 Å². The average molecular weight is 543 g/mol. The van der Waals surface area contributed by atoms with Crippen LogP contribution in [0.4, 0.5) is 19.0 Å². The van der Waals surface area contributed by atoms with Crippen molar-refractivity contribution >= 4 is 22.8 Å². The number of aromatic amines is 1. The number of carbonyl (C=O) groups is 1. The minimum absolute atomic E-state index is 0.206. The van der Waals surface area contributed by atoms with Crippen LogP contribution >= 0.6 is 0 Å². The van der Waals surface area contributed by atoms with Crippen molar-refractivity contribution < 1.29 is 27.8 Å². The summed E-state index contributed by atoms with van der Waals surface area (Å²) in [4.78, 5) is 25.4. The number of carboxylic acid groups (broad SMARTS) is 1. The molecule has 3 aromatic rings. The molecule has 6 rings (SSSR count). The number of rotatable bonds is 6. The molecule has 0 radical (unpaired) electrons. The number of benzene rings is 1. The van der Waals surface area contributed by atoms with Crippen LogP contribution in [0.5, 0.6) is 0 Å². The van der Waals surface area contributed by atoms with Gasteiger partial charge in [-0.2, -0.15) is 13.2 Å². The Balaban J connectivity index is 1.02. The Bertz CT molecular complexity index is 1350. The number of nitrogens with zero attached hydrogens (tertiary/aromatic N) is 3. The minimum Gasteiger partial charge on any atom is -0.481 e. The SMILES string of the molecule is CC12CC(CC(=O)O)C[C@H]1CC(OC1CCN(c3ccc(-c4nc5ccc(C(F)(F)F)cc5[nH]4)cn3)CC1)C2. The monoisotopic (exact) mass is 542 g/mol. The molecule has 208 valence electrons. The van der Waals surface area contributed by atoms with Crippen LogP contribution in [0.2, 0.25) is 0 Å². The highest BCUT2D eigenvalue weighted by Crippen LogP contribution is 2.57. The Morgan fingerprint density at radius 3 is 2.62 bits per heavy atom. The number of pyridine rings is 1. The second-order valence-corrected chi connectivity index (χ2v) is 11.9. The Hall–Kier alpha value is -3.14. The van der Waals surface area contributed by atoms with E-state index in [1.807, 2.05) is 12.1 Å². The Kier molecular flexibility index (Phi) is 6.56. The Morgan fingerprint density at radius 1 is 1.15 bits per heavy atom. The number of H-pyrrole nitrogens is 1. The van der Waals surface area contributed by atoms with E-state index in [2.05, 4.69) is 26.8 Å². The van der Waals surface area contributed by atoms with E-state index in [0.717, 1.165) is 69.6 Å². The molecule has 2 aliphatic carbocycles. The van der Waals surface area contributed by atoms with Crippen LogP contribution in [0.1, 0.15) is 57.4 Å². The highest BCUT2D eigenvalue weighted by molar-refractivity contribution is 5.80. The van der Waals surface area contributed by atoms with Gasteiger partial charge in [0.25, 0.3) is 0 Å². The highest BCUT2D eigenvalue weighted by Gasteiger charge is 2.51. The van der Waals surface area contributed by atoms with E-state index >= 15 is 0 Å². The van der Waals surface area contributed by atoms with Crippen molar-refractivity contribution in [1.29, 1.82) is 0 Å². The van der Waals surface area contributed by atoms with Gasteiger partial charge in [0.2, 0.25) is 0 Å². The first-order valence-corrected chi connectivity index (χ1v) is 13.7. The molecule has 0 amide bonds. The number of aliphatic carboxylic acids is 1. The van der Waals surface area contributed by atoms with Crippen molar-refractivity contribution in [3.63, 3.8) is 0 Å². The second kappa shape index (κ2) is 9.80. The standard InChI is InChI=1S/C29H33F3N4O3/c1-28-14-17(11-26(37)38)10-20(28)12-22(15-28)39-21-6-8-36(9-7-21)25-5-2-18(16-33-25)27-34-23-4-3-19(29(30,31)32)13-24(23)35-27/h2-5,13,16-17,20-22H,6-12,14-15H2,1H3,(H,34,35)(H,37,38)/t17?,20-,22?,28?/m0/s1. The molecule has 1 aliphatic heterocycles. The highest BCUT2D eigenvalue weighted by atomic mass is 19.4. The topological polar surface area (TPSA) is 91.3 Å². The van der Waals surface area contributed by atoms with Gasteiger partial charge in [-0.15, -0.1) is 0 Å². The summed E-state index contributed by atoms with van der Waals surface area (Å²) in [7, 11) is 0. The lowest BCUT2D eigenvalue weighted by Gasteiger charge is -2.34. The maximum atomic E-state index is 13.0. The van der Waals surface area contributed by atoms with Crippen molar-refractivity contribution in [3.05, 3.63) is 42.1 Å². The van der Waals surface area contributed by atoms with Gasteiger partial charge in [0.05, 0.1) is 28.8 Å². The molecule has 0 spiro atoms. The van der Waals surface area contributed by atoms with E-state index < -0.39 is 17.7 Å². The molecule has 3 unspecified atom stereocenters. The predicted octanol–water partition coefficient (Wildman–Crippen LogP) is 6.30. The van der Waals surface area contributed by atoms with Crippen molar-refractivity contribution in [1.82, 2.24) is 15.0 Å². The number of anilines is 1. The third-order valence-corrected chi connectivity index (χ3v) is 9.04. The van der Waals surface area contributed by atoms with Crippen molar-refractivity contribution in [2.24, 2.45) is 17.3 Å². The number of ether oxygens (including phenoxy) is 1. The first kappa shape index (κ1) is 26.1. The number of alkyl halides is 3. The summed E-state index contributed by atoms with van der Waals surface area (Å²) in [6.07, 6.45) is 3.98. The van der Waals surface area contributed by atoms with Crippen LogP contribution in [0.15, 0.2) is 36.5 Å². The van der Waals surface area contributed by atoms with Gasteiger partial charge < -0.3 is 19.7 Å². The maximum Gasteiger partial charge on any atom is 0.416 e. The van der Waals surface area contributed by atoms with Crippen molar-refractivity contribution in [3.8, 4) is 11.4 Å². The predicted molar refractivity (Wildman–Crippen MR) is 140 cm³/mol. The third-order valence-electron chi connectivity index (χ3n) is 9.04. The normalized spacial score (nSPS) is 27.8. The summed E-state index contributed by atoms with van der Waals surface area (Å²) >= 11 is 0. The smallest absolute Gasteiger partial charge is 0.416 e. The fourth-order valence-corrected chi connectivity index (χ4v) is 7.18. The van der Waals surface area contributed by atoms with Gasteiger partial charge in [-0.1, -0.05) is 6.92 Å². The lowest BCUT2D eigenvalue weighted by atomic mass is 9.82. The summed E-state index contributed by atoms with van der Waals surface area (Å²) < 4.78 is 45.6. The Morgan fingerprint density at radius 2 is 1.95 bits per heavy atom. The van der Waals surface area contributed by atoms with E-state index in [4.69, 9.17) is 9.84 Å². The first-order valence-electron chi connectivity index (χ1n) is 13.7. The van der Waals surface area contributed by atoms with E-state index in [0.29, 0.717) is 34.3 Å². The summed E-state index contributed by atoms with van der Waals surface area (Å²) in [6, 6.07) is 7.31. The number of hydrogen-bond acceptors (Lipinski definition) is 5. The molecule has 1 aromatic carbocycles. The van der Waals surface area contributed by atoms with Gasteiger partial charge in [0, 0.05) is 31.3 Å². The number of nitrogens with one attached hydrogen (secondary N) is 1. The van der Waals surface area contributed by atoms with Gasteiger partial charge in [-0.25, -0.2) is 9.97 Å². The summed E-state index contributed by atoms with van der Waals surface area (Å²) in [6.45, 7) is 4.00. The van der Waals surface area contributed by atoms with Crippen LogP contribution < -0.4 is 4.90 Å². The summed E-state index contributed by atoms with van der Waals surface area (Å²) in [5, 5.41) is 9.15. The number of hydrogen-bond donors (Lipinski definition) is 2. The Labute approximate surface area is 224 Å². The van der Waals surface area contributed by atoms with Crippen LogP contribution in [-0.4, -0.2) is 51.3 Å². The second-order valence-electron chi connectivity index (χ2n) is 11.9. The molecular weight excluding hydrogens is 509 g/mol. The zero-order chi connectivity index (χ0) is 27.4. The van der Waals surface area contributed by atoms with E-state index in [9.17, 15) is 18.0 Å². The lowest BCUT2D eigenvalue weighted by molar-refractivity contribution is -0.138. The lowest BCUT2D eigenvalue weighted by Crippen LogP contribution is -2.38. The van der Waals surface area contributed by atoms with Gasteiger partial charge in [0.1, 0.15) is 11.6 Å². The number of fused-ring (bicyclic) bond motifs is 2. The van der Waals surface area contributed by atoms with Crippen LogP contribution in [-0.2, 0) is 15.7 Å². The fraction of sp³-hybridized carbons (Fsp3) is 0.552. The third kappa shape index (κ3) is 5.35. The van der Waals surface area contributed by atoms with Gasteiger partial charge in [-0.3, -0.25) is 4.79 Å². The zero-order valence-electron chi connectivity index (χ0n) is 21.9. The molecule has 3 aliphatic rings. The fourth-order valence-electron chi connectivity index (χ4n) is 7.18. The molecule has 2 saturated carbocycles. The van der Waals surface area contributed by atoms with Gasteiger partial charge in [0.15, 0.2) is 0 Å². The van der Waals surface area contributed by atoms with E-state index in [1.165, 1.54) is 6.07 Å². The van der Waals surface area contributed by atoms with Gasteiger partial charge >= 0.3 is 12.1 Å². The molecule has 0 bridgehead atoms. The van der Waals surface area contributed by atoms with Crippen molar-refractivity contribution in [2.75, 3.05) is 18.0 Å². The van der Waals surface area contributed by atoms with E-state index in [1.54, 1.807) is 6.20 Å². The zero-order valence-corrected chi connectivity index (χ0v) is 21.9. The molecule has 2 N–H and O–H groups in total. The quantitative estimate of drug-likeness (QED) is 0.380. The molecule has 3 heterocycles. The summed E-state index contributed by atoms with van der Waals surface area (Å²) in [5.41, 5.74) is 1.03. The van der Waals surface area contributed by atoms with Gasteiger partial charge in [-0.05, 0) is 86.1 Å². The number of carboxylic acids is 1. The number of aromatic nitrogens is 3.